The summed E-state index contributed by atoms with van der Waals surface area (Å²) in [6, 6.07) is 24.8. The maximum Gasteiger partial charge on any atom is 0.323 e. The van der Waals surface area contributed by atoms with Crippen molar-refractivity contribution in [2.24, 2.45) is 5.73 Å². The summed E-state index contributed by atoms with van der Waals surface area (Å²) in [5.41, 5.74) is 7.81. The molecule has 4 rings (SSSR count). The fraction of sp³-hybridized carbons (Fsp3) is 0.0870. The molecule has 0 saturated heterocycles. The quantitative estimate of drug-likeness (QED) is 0.533. The van der Waals surface area contributed by atoms with Gasteiger partial charge in [0.2, 0.25) is 0 Å². The molecule has 0 saturated carbocycles. The van der Waals surface area contributed by atoms with E-state index in [0.717, 1.165) is 22.2 Å². The molecule has 0 aliphatic rings. The van der Waals surface area contributed by atoms with Crippen LogP contribution < -0.4 is 15.2 Å². The van der Waals surface area contributed by atoms with Crippen LogP contribution in [0.2, 0.25) is 0 Å². The van der Waals surface area contributed by atoms with Gasteiger partial charge in [0, 0.05) is 10.9 Å². The lowest BCUT2D eigenvalue weighted by molar-refractivity contribution is -0.123. The van der Waals surface area contributed by atoms with Crippen LogP contribution in [0, 0.1) is 0 Å². The Kier molecular flexibility index (Phi) is 5.07. The molecular formula is C23H19N3O3. The molecule has 0 radical (unpaired) electrons. The lowest BCUT2D eigenvalue weighted by Gasteiger charge is -2.12. The van der Waals surface area contributed by atoms with E-state index in [-0.39, 0.29) is 6.01 Å². The van der Waals surface area contributed by atoms with Gasteiger partial charge in [0.05, 0.1) is 11.2 Å². The Morgan fingerprint density at radius 3 is 2.24 bits per heavy atom. The zero-order chi connectivity index (χ0) is 20.2. The second-order valence-corrected chi connectivity index (χ2v) is 6.47. The van der Waals surface area contributed by atoms with E-state index in [4.69, 9.17) is 15.2 Å². The SMILES string of the molecule is CC(Oc1ccc(Oc2nc(-c3ccccc3)c3ccccc3n2)cc1)C(N)=O. The Bertz CT molecular complexity index is 1150. The number of nitrogens with zero attached hydrogens (tertiary/aromatic N) is 2. The molecular weight excluding hydrogens is 366 g/mol. The Morgan fingerprint density at radius 1 is 0.862 bits per heavy atom. The summed E-state index contributed by atoms with van der Waals surface area (Å²) in [5.74, 6) is 0.551. The van der Waals surface area contributed by atoms with Crippen LogP contribution in [0.3, 0.4) is 0 Å². The molecule has 144 valence electrons. The van der Waals surface area contributed by atoms with Gasteiger partial charge >= 0.3 is 6.01 Å². The molecule has 3 aromatic carbocycles. The van der Waals surface area contributed by atoms with Crippen LogP contribution in [0.1, 0.15) is 6.92 Å². The first kappa shape index (κ1) is 18.4. The van der Waals surface area contributed by atoms with Gasteiger partial charge in [-0.15, -0.1) is 0 Å². The minimum absolute atomic E-state index is 0.252. The van der Waals surface area contributed by atoms with Gasteiger partial charge in [-0.1, -0.05) is 48.5 Å². The highest BCUT2D eigenvalue weighted by atomic mass is 16.5. The van der Waals surface area contributed by atoms with Gasteiger partial charge in [-0.25, -0.2) is 0 Å². The zero-order valence-electron chi connectivity index (χ0n) is 15.8. The zero-order valence-corrected chi connectivity index (χ0v) is 15.8. The van der Waals surface area contributed by atoms with E-state index in [9.17, 15) is 4.79 Å². The second kappa shape index (κ2) is 7.98. The molecule has 29 heavy (non-hydrogen) atoms. The highest BCUT2D eigenvalue weighted by Gasteiger charge is 2.12. The summed E-state index contributed by atoms with van der Waals surface area (Å²) >= 11 is 0. The number of amides is 1. The topological polar surface area (TPSA) is 87.3 Å². The van der Waals surface area contributed by atoms with Crippen LogP contribution in [0.5, 0.6) is 17.5 Å². The highest BCUT2D eigenvalue weighted by molar-refractivity contribution is 5.92. The lowest BCUT2D eigenvalue weighted by atomic mass is 10.1. The van der Waals surface area contributed by atoms with Crippen molar-refractivity contribution in [2.75, 3.05) is 0 Å². The molecule has 4 aromatic rings. The van der Waals surface area contributed by atoms with Crippen LogP contribution in [0.4, 0.5) is 0 Å². The summed E-state index contributed by atoms with van der Waals surface area (Å²) in [5, 5.41) is 0.954. The number of para-hydroxylation sites is 1. The number of benzene rings is 3. The van der Waals surface area contributed by atoms with Crippen molar-refractivity contribution < 1.29 is 14.3 Å². The monoisotopic (exact) mass is 385 g/mol. The lowest BCUT2D eigenvalue weighted by Crippen LogP contribution is -2.30. The van der Waals surface area contributed by atoms with Gasteiger partial charge in [0.1, 0.15) is 11.5 Å². The normalized spacial score (nSPS) is 11.8. The third kappa shape index (κ3) is 4.16. The first-order valence-corrected chi connectivity index (χ1v) is 9.16. The number of rotatable bonds is 6. The van der Waals surface area contributed by atoms with Crippen molar-refractivity contribution in [3.63, 3.8) is 0 Å². The number of carbonyl (C=O) groups excluding carboxylic acids is 1. The first-order valence-electron chi connectivity index (χ1n) is 9.16. The third-order valence-corrected chi connectivity index (χ3v) is 4.38. The number of fused-ring (bicyclic) bond motifs is 1. The highest BCUT2D eigenvalue weighted by Crippen LogP contribution is 2.30. The van der Waals surface area contributed by atoms with E-state index >= 15 is 0 Å². The van der Waals surface area contributed by atoms with Crippen molar-refractivity contribution >= 4 is 16.8 Å². The molecule has 1 heterocycles. The molecule has 0 fully saturated rings. The van der Waals surface area contributed by atoms with Crippen molar-refractivity contribution in [1.29, 1.82) is 0 Å². The van der Waals surface area contributed by atoms with Crippen LogP contribution >= 0.6 is 0 Å². The summed E-state index contributed by atoms with van der Waals surface area (Å²) < 4.78 is 11.3. The predicted octanol–water partition coefficient (Wildman–Crippen LogP) is 4.34. The van der Waals surface area contributed by atoms with E-state index in [1.54, 1.807) is 31.2 Å². The Balaban J connectivity index is 1.64. The largest absolute Gasteiger partial charge is 0.481 e. The van der Waals surface area contributed by atoms with Gasteiger partial charge in [-0.3, -0.25) is 4.79 Å². The number of hydrogen-bond acceptors (Lipinski definition) is 5. The summed E-state index contributed by atoms with van der Waals surface area (Å²) in [7, 11) is 0. The van der Waals surface area contributed by atoms with Gasteiger partial charge in [-0.2, -0.15) is 9.97 Å². The molecule has 1 amide bonds. The molecule has 0 aliphatic carbocycles. The van der Waals surface area contributed by atoms with Crippen molar-refractivity contribution in [3.8, 4) is 28.8 Å². The van der Waals surface area contributed by atoms with E-state index in [1.165, 1.54) is 0 Å². The minimum Gasteiger partial charge on any atom is -0.481 e. The second-order valence-electron chi connectivity index (χ2n) is 6.47. The molecule has 1 atom stereocenters. The van der Waals surface area contributed by atoms with Gasteiger partial charge in [0.15, 0.2) is 6.10 Å². The Morgan fingerprint density at radius 2 is 1.52 bits per heavy atom. The van der Waals surface area contributed by atoms with Gasteiger partial charge in [-0.05, 0) is 37.3 Å². The van der Waals surface area contributed by atoms with E-state index < -0.39 is 12.0 Å². The maximum atomic E-state index is 11.1. The van der Waals surface area contributed by atoms with E-state index in [2.05, 4.69) is 9.97 Å². The average Bonchev–Trinajstić information content (AvgIpc) is 2.75. The average molecular weight is 385 g/mol. The number of carbonyl (C=O) groups is 1. The molecule has 2 N–H and O–H groups in total. The smallest absolute Gasteiger partial charge is 0.323 e. The number of aromatic nitrogens is 2. The molecule has 1 unspecified atom stereocenters. The third-order valence-electron chi connectivity index (χ3n) is 4.38. The number of ether oxygens (including phenoxy) is 2. The Hall–Kier alpha value is -3.93. The van der Waals surface area contributed by atoms with E-state index in [0.29, 0.717) is 11.5 Å². The standard InChI is InChI=1S/C23H19N3O3/c1-15(22(24)27)28-17-11-13-18(14-12-17)29-23-25-20-10-6-5-9-19(20)21(26-23)16-7-3-2-4-8-16/h2-15H,1H3,(H2,24,27). The van der Waals surface area contributed by atoms with E-state index in [1.807, 2.05) is 54.6 Å². The fourth-order valence-electron chi connectivity index (χ4n) is 2.87. The van der Waals surface area contributed by atoms with Crippen LogP contribution in [0.25, 0.3) is 22.2 Å². The van der Waals surface area contributed by atoms with Crippen molar-refractivity contribution in [2.45, 2.75) is 13.0 Å². The minimum atomic E-state index is -0.709. The molecule has 6 nitrogen and oxygen atoms in total. The van der Waals surface area contributed by atoms with Crippen LogP contribution in [-0.2, 0) is 4.79 Å². The van der Waals surface area contributed by atoms with Gasteiger partial charge in [0.25, 0.3) is 5.91 Å². The maximum absolute atomic E-state index is 11.1. The molecule has 0 aliphatic heterocycles. The molecule has 1 aromatic heterocycles. The number of hydrogen-bond donors (Lipinski definition) is 1. The Labute approximate surface area is 167 Å². The summed E-state index contributed by atoms with van der Waals surface area (Å²) in [6.07, 6.45) is -0.709. The predicted molar refractivity (Wildman–Crippen MR) is 111 cm³/mol. The van der Waals surface area contributed by atoms with Crippen LogP contribution in [-0.4, -0.2) is 22.0 Å². The molecule has 6 heteroatoms. The number of nitrogens with two attached hydrogens (primary N) is 1. The van der Waals surface area contributed by atoms with Crippen LogP contribution in [0.15, 0.2) is 78.9 Å². The summed E-state index contributed by atoms with van der Waals surface area (Å²) in [6.45, 7) is 1.60. The first-order chi connectivity index (χ1) is 14.1. The van der Waals surface area contributed by atoms with Gasteiger partial charge < -0.3 is 15.2 Å². The number of primary amides is 1. The van der Waals surface area contributed by atoms with Crippen molar-refractivity contribution in [1.82, 2.24) is 9.97 Å². The molecule has 0 spiro atoms. The van der Waals surface area contributed by atoms with Crippen molar-refractivity contribution in [3.05, 3.63) is 78.9 Å². The fourth-order valence-corrected chi connectivity index (χ4v) is 2.87. The summed E-state index contributed by atoms with van der Waals surface area (Å²) in [4.78, 5) is 20.3. The molecule has 0 bridgehead atoms.